The van der Waals surface area contributed by atoms with E-state index in [1.165, 1.54) is 36.9 Å². The second-order valence-corrected chi connectivity index (χ2v) is 10.5. The molecule has 44 heavy (non-hydrogen) atoms. The average Bonchev–Trinajstić information content (AvgIpc) is 3.67. The summed E-state index contributed by atoms with van der Waals surface area (Å²) in [6.07, 6.45) is 7.51. The van der Waals surface area contributed by atoms with E-state index in [9.17, 15) is 18.4 Å². The molecule has 2 N–H and O–H groups in total. The van der Waals surface area contributed by atoms with Gasteiger partial charge in [0.15, 0.2) is 5.65 Å². The van der Waals surface area contributed by atoms with Crippen LogP contribution in [0.5, 0.6) is 0 Å². The van der Waals surface area contributed by atoms with E-state index in [-0.39, 0.29) is 29.0 Å². The van der Waals surface area contributed by atoms with Crippen molar-refractivity contribution in [2.75, 3.05) is 13.1 Å². The zero-order valence-electron chi connectivity index (χ0n) is 23.9. The van der Waals surface area contributed by atoms with Crippen LogP contribution < -0.4 is 5.32 Å². The van der Waals surface area contributed by atoms with Crippen LogP contribution in [-0.2, 0) is 4.79 Å². The lowest BCUT2D eigenvalue weighted by atomic mass is 10.0. The molecule has 0 radical (unpaired) electrons. The number of pyridine rings is 2. The molecule has 14 heteroatoms. The number of amides is 2. The molecule has 1 aliphatic heterocycles. The summed E-state index contributed by atoms with van der Waals surface area (Å²) in [7, 11) is 0. The molecule has 2 amide bonds. The standard InChI is InChI=1S/C22H19FN8O2.C8H7FN2/c1-11(22(33)30-8-13(5-24)9-30)27-21(32)15-6-25-20-18(15)29-16(7-26-20)19-17-4-3-14(23)10-31(17)12(2)28-19;1-6-10-4-8-3-2-7(9)5-11(6)8/h3-4,6-7,10-11,13H,8-9H2,1-2H3,(H,25,26)(H,27,32);2-5H,1H3/t11-;/m1./s1. The number of carbonyl (C=O) groups excluding carboxylic acids is 2. The summed E-state index contributed by atoms with van der Waals surface area (Å²) in [5, 5.41) is 11.6. The highest BCUT2D eigenvalue weighted by Crippen LogP contribution is 2.26. The second kappa shape index (κ2) is 11.2. The third kappa shape index (κ3) is 5.19. The number of fused-ring (bicyclic) bond motifs is 3. The Labute approximate surface area is 249 Å². The molecule has 222 valence electrons. The SMILES string of the molecule is Cc1nc(-c2cnc3[nH]cc(C(=O)N[C@H](C)C(=O)N4CC(C#N)C4)c3n2)c2ccc(F)cn12.Cc1ncc2ccc(F)cn12. The van der Waals surface area contributed by atoms with Crippen molar-refractivity contribution in [1.29, 1.82) is 5.26 Å². The van der Waals surface area contributed by atoms with E-state index in [1.807, 2.05) is 6.92 Å². The van der Waals surface area contributed by atoms with Gasteiger partial charge in [-0.2, -0.15) is 5.26 Å². The highest BCUT2D eigenvalue weighted by molar-refractivity contribution is 6.06. The van der Waals surface area contributed by atoms with Gasteiger partial charge in [-0.05, 0) is 45.0 Å². The lowest BCUT2D eigenvalue weighted by molar-refractivity contribution is -0.137. The summed E-state index contributed by atoms with van der Waals surface area (Å²) in [6, 6.07) is 7.45. The van der Waals surface area contributed by atoms with Crippen LogP contribution in [-0.4, -0.2) is 69.6 Å². The molecule has 12 nitrogen and oxygen atoms in total. The van der Waals surface area contributed by atoms with E-state index in [0.717, 1.165) is 11.3 Å². The number of rotatable bonds is 4. The maximum atomic E-state index is 13.6. The first kappa shape index (κ1) is 28.4. The van der Waals surface area contributed by atoms with Crippen LogP contribution >= 0.6 is 0 Å². The number of carbonyl (C=O) groups is 2. The zero-order valence-corrected chi connectivity index (χ0v) is 23.9. The van der Waals surface area contributed by atoms with Gasteiger partial charge in [0.2, 0.25) is 5.91 Å². The van der Waals surface area contributed by atoms with Crippen LogP contribution in [0.3, 0.4) is 0 Å². The van der Waals surface area contributed by atoms with Crippen LogP contribution in [0.1, 0.15) is 28.9 Å². The molecule has 6 aromatic rings. The maximum Gasteiger partial charge on any atom is 0.255 e. The predicted molar refractivity (Wildman–Crippen MR) is 155 cm³/mol. The molecule has 0 aromatic carbocycles. The summed E-state index contributed by atoms with van der Waals surface area (Å²) >= 11 is 0. The first-order valence-corrected chi connectivity index (χ1v) is 13.7. The highest BCUT2D eigenvalue weighted by Gasteiger charge is 2.33. The molecule has 1 atom stereocenters. The Morgan fingerprint density at radius 1 is 1.02 bits per heavy atom. The number of nitrogens with one attached hydrogen (secondary N) is 2. The largest absolute Gasteiger partial charge is 0.344 e. The van der Waals surface area contributed by atoms with Crippen LogP contribution in [0, 0.1) is 42.7 Å². The third-order valence-corrected chi connectivity index (χ3v) is 7.42. The Bertz CT molecular complexity index is 2100. The second-order valence-electron chi connectivity index (χ2n) is 10.5. The number of aromatic nitrogens is 7. The van der Waals surface area contributed by atoms with E-state index >= 15 is 0 Å². The van der Waals surface area contributed by atoms with Gasteiger partial charge in [0.25, 0.3) is 5.91 Å². The number of nitrogens with zero attached hydrogens (tertiary/aromatic N) is 8. The molecule has 0 saturated carbocycles. The van der Waals surface area contributed by atoms with Gasteiger partial charge in [-0.15, -0.1) is 0 Å². The van der Waals surface area contributed by atoms with Crippen molar-refractivity contribution >= 4 is 34.0 Å². The number of halogens is 2. The monoisotopic (exact) mass is 596 g/mol. The number of imidazole rings is 2. The Morgan fingerprint density at radius 3 is 2.50 bits per heavy atom. The van der Waals surface area contributed by atoms with Crippen molar-refractivity contribution in [3.8, 4) is 17.5 Å². The number of aryl methyl sites for hydroxylation is 2. The number of likely N-dealkylation sites (tertiary alicyclic amines) is 1. The van der Waals surface area contributed by atoms with Gasteiger partial charge in [0.1, 0.15) is 46.2 Å². The van der Waals surface area contributed by atoms with Crippen molar-refractivity contribution < 1.29 is 18.4 Å². The minimum Gasteiger partial charge on any atom is -0.344 e. The zero-order chi connectivity index (χ0) is 31.1. The molecular weight excluding hydrogens is 570 g/mol. The molecule has 0 unspecified atom stereocenters. The van der Waals surface area contributed by atoms with Crippen LogP contribution in [0.2, 0.25) is 0 Å². The fourth-order valence-electron chi connectivity index (χ4n) is 5.02. The van der Waals surface area contributed by atoms with Crippen molar-refractivity contribution in [3.05, 3.63) is 84.1 Å². The minimum absolute atomic E-state index is 0.154. The van der Waals surface area contributed by atoms with Crippen LogP contribution in [0.4, 0.5) is 8.78 Å². The Kier molecular flexibility index (Phi) is 7.22. The fraction of sp³-hybridized carbons (Fsp3) is 0.233. The normalized spacial score (nSPS) is 13.8. The molecule has 1 fully saturated rings. The topological polar surface area (TPSA) is 149 Å². The number of H-pyrrole nitrogens is 1. The Balaban J connectivity index is 0.000000261. The van der Waals surface area contributed by atoms with Gasteiger partial charge in [-0.3, -0.25) is 9.59 Å². The molecule has 6 aromatic heterocycles. The maximum absolute atomic E-state index is 13.6. The van der Waals surface area contributed by atoms with Crippen molar-refractivity contribution in [2.24, 2.45) is 5.92 Å². The fourth-order valence-corrected chi connectivity index (χ4v) is 5.02. The van der Waals surface area contributed by atoms with E-state index in [1.54, 1.807) is 45.9 Å². The molecule has 7 heterocycles. The number of hydrogen-bond acceptors (Lipinski definition) is 7. The third-order valence-electron chi connectivity index (χ3n) is 7.42. The van der Waals surface area contributed by atoms with Crippen molar-refractivity contribution in [1.82, 2.24) is 43.9 Å². The van der Waals surface area contributed by atoms with E-state index in [4.69, 9.17) is 5.26 Å². The molecule has 7 rings (SSSR count). The molecular formula is C30H26F2N10O2. The molecule has 0 aliphatic carbocycles. The van der Waals surface area contributed by atoms with Gasteiger partial charge < -0.3 is 24.0 Å². The summed E-state index contributed by atoms with van der Waals surface area (Å²) in [5.74, 6) is -0.0972. The average molecular weight is 597 g/mol. The van der Waals surface area contributed by atoms with E-state index < -0.39 is 11.9 Å². The van der Waals surface area contributed by atoms with E-state index in [2.05, 4.69) is 36.3 Å². The summed E-state index contributed by atoms with van der Waals surface area (Å²) in [4.78, 5) is 47.3. The molecule has 1 aliphatic rings. The highest BCUT2D eigenvalue weighted by atomic mass is 19.1. The van der Waals surface area contributed by atoms with Gasteiger partial charge in [0, 0.05) is 31.7 Å². The lowest BCUT2D eigenvalue weighted by Gasteiger charge is -2.37. The first-order valence-electron chi connectivity index (χ1n) is 13.7. The van der Waals surface area contributed by atoms with Crippen molar-refractivity contribution in [3.63, 3.8) is 0 Å². The van der Waals surface area contributed by atoms with Gasteiger partial charge in [0.05, 0.1) is 41.0 Å². The Morgan fingerprint density at radius 2 is 1.75 bits per heavy atom. The number of hydrogen-bond donors (Lipinski definition) is 2. The number of aromatic amines is 1. The summed E-state index contributed by atoms with van der Waals surface area (Å²) < 4.78 is 29.6. The molecule has 1 saturated heterocycles. The first-order chi connectivity index (χ1) is 21.1. The van der Waals surface area contributed by atoms with Crippen LogP contribution in [0.15, 0.2) is 55.2 Å². The molecule has 0 spiro atoms. The number of nitriles is 1. The Hall–Kier alpha value is -5.71. The molecule has 0 bridgehead atoms. The van der Waals surface area contributed by atoms with Gasteiger partial charge in [-0.25, -0.2) is 28.7 Å². The lowest BCUT2D eigenvalue weighted by Crippen LogP contribution is -2.55. The smallest absolute Gasteiger partial charge is 0.255 e. The van der Waals surface area contributed by atoms with Crippen LogP contribution in [0.25, 0.3) is 33.6 Å². The predicted octanol–water partition coefficient (Wildman–Crippen LogP) is 3.60. The quantitative estimate of drug-likeness (QED) is 0.316. The van der Waals surface area contributed by atoms with Gasteiger partial charge >= 0.3 is 0 Å². The van der Waals surface area contributed by atoms with Crippen molar-refractivity contribution in [2.45, 2.75) is 26.8 Å². The van der Waals surface area contributed by atoms with E-state index in [0.29, 0.717) is 47.0 Å². The minimum atomic E-state index is -0.757. The van der Waals surface area contributed by atoms with Gasteiger partial charge in [-0.1, -0.05) is 0 Å². The summed E-state index contributed by atoms with van der Waals surface area (Å²) in [6.45, 7) is 5.95. The summed E-state index contributed by atoms with van der Waals surface area (Å²) in [5.41, 5.74) is 3.51.